The number of hydrogen-bond donors (Lipinski definition) is 2. The Kier molecular flexibility index (Phi) is 3.63. The predicted molar refractivity (Wildman–Crippen MR) is 91.2 cm³/mol. The first kappa shape index (κ1) is 14.4. The molecule has 0 aliphatic carbocycles. The second-order valence-electron chi connectivity index (χ2n) is 5.18. The summed E-state index contributed by atoms with van der Waals surface area (Å²) in [6.07, 6.45) is 0.845. The Labute approximate surface area is 141 Å². The van der Waals surface area contributed by atoms with E-state index >= 15 is 0 Å². The molecule has 1 aliphatic rings. The van der Waals surface area contributed by atoms with Crippen LogP contribution in [0.25, 0.3) is 10.2 Å². The first-order valence-electron chi connectivity index (χ1n) is 7.18. The number of H-pyrrole nitrogens is 1. The molecule has 0 spiro atoms. The van der Waals surface area contributed by atoms with E-state index in [-0.39, 0.29) is 5.91 Å². The van der Waals surface area contributed by atoms with E-state index in [9.17, 15) is 4.79 Å². The minimum Gasteiger partial charge on any atom is -0.490 e. The molecule has 0 saturated heterocycles. The molecule has 0 atom stereocenters. The van der Waals surface area contributed by atoms with Gasteiger partial charge < -0.3 is 19.8 Å². The highest BCUT2D eigenvalue weighted by Gasteiger charge is 2.14. The van der Waals surface area contributed by atoms with Gasteiger partial charge in [-0.2, -0.15) is 0 Å². The van der Waals surface area contributed by atoms with E-state index in [2.05, 4.69) is 10.3 Å². The molecule has 2 N–H and O–H groups in total. The van der Waals surface area contributed by atoms with Crippen LogP contribution in [0.5, 0.6) is 11.5 Å². The molecule has 0 fully saturated rings. The van der Waals surface area contributed by atoms with Crippen molar-refractivity contribution in [2.24, 2.45) is 0 Å². The number of halogens is 1. The summed E-state index contributed by atoms with van der Waals surface area (Å²) in [5, 5.41) is 3.79. The van der Waals surface area contributed by atoms with Crippen molar-refractivity contribution in [3.05, 3.63) is 40.4 Å². The van der Waals surface area contributed by atoms with Crippen LogP contribution in [0, 0.1) is 0 Å². The fourth-order valence-electron chi connectivity index (χ4n) is 2.45. The van der Waals surface area contributed by atoms with Crippen LogP contribution in [0.1, 0.15) is 16.9 Å². The molecular formula is C16H13ClN2O3S. The van der Waals surface area contributed by atoms with Crippen molar-refractivity contribution in [3.63, 3.8) is 0 Å². The van der Waals surface area contributed by atoms with E-state index in [1.165, 1.54) is 11.3 Å². The number of carbonyl (C=O) groups is 1. The van der Waals surface area contributed by atoms with Gasteiger partial charge in [0.2, 0.25) is 0 Å². The summed E-state index contributed by atoms with van der Waals surface area (Å²) in [6, 6.07) is 9.01. The Hall–Kier alpha value is -2.18. The Morgan fingerprint density at radius 2 is 2.00 bits per heavy atom. The van der Waals surface area contributed by atoms with Crippen molar-refractivity contribution in [2.75, 3.05) is 18.5 Å². The monoisotopic (exact) mass is 348 g/mol. The zero-order chi connectivity index (χ0) is 15.8. The standard InChI is InChI=1S/C16H13ClN2O3S/c17-14-7-9-6-11(19-16(9)23-14)15(20)18-10-2-3-12-13(8-10)22-5-1-4-21-12/h2-3,6-8,19H,1,4-5H2,(H,18,20). The zero-order valence-corrected chi connectivity index (χ0v) is 13.6. The van der Waals surface area contributed by atoms with Gasteiger partial charge in [0.15, 0.2) is 11.5 Å². The van der Waals surface area contributed by atoms with Gasteiger partial charge in [-0.15, -0.1) is 11.3 Å². The number of amides is 1. The predicted octanol–water partition coefficient (Wildman–Crippen LogP) is 4.30. The van der Waals surface area contributed by atoms with Crippen LogP contribution in [-0.2, 0) is 0 Å². The fourth-order valence-corrected chi connectivity index (χ4v) is 3.58. The Bertz CT molecular complexity index is 855. The van der Waals surface area contributed by atoms with E-state index in [1.54, 1.807) is 18.2 Å². The molecule has 0 bridgehead atoms. The molecule has 0 radical (unpaired) electrons. The quantitative estimate of drug-likeness (QED) is 0.726. The van der Waals surface area contributed by atoms with Crippen LogP contribution in [0.4, 0.5) is 5.69 Å². The molecule has 0 unspecified atom stereocenters. The molecule has 0 saturated carbocycles. The molecule has 1 amide bonds. The summed E-state index contributed by atoms with van der Waals surface area (Å²) >= 11 is 7.35. The number of fused-ring (bicyclic) bond motifs is 2. The third-order valence-electron chi connectivity index (χ3n) is 3.53. The third kappa shape index (κ3) is 2.87. The highest BCUT2D eigenvalue weighted by Crippen LogP contribution is 2.33. The summed E-state index contributed by atoms with van der Waals surface area (Å²) in [6.45, 7) is 1.25. The number of nitrogens with one attached hydrogen (secondary N) is 2. The first-order valence-corrected chi connectivity index (χ1v) is 8.37. The lowest BCUT2D eigenvalue weighted by atomic mass is 10.2. The maximum Gasteiger partial charge on any atom is 0.272 e. The second-order valence-corrected chi connectivity index (χ2v) is 6.87. The largest absolute Gasteiger partial charge is 0.490 e. The van der Waals surface area contributed by atoms with E-state index < -0.39 is 0 Å². The molecule has 1 aromatic carbocycles. The average molecular weight is 349 g/mol. The lowest BCUT2D eigenvalue weighted by molar-refractivity contribution is 0.102. The number of hydrogen-bond acceptors (Lipinski definition) is 4. The highest BCUT2D eigenvalue weighted by molar-refractivity contribution is 7.22. The molecule has 118 valence electrons. The van der Waals surface area contributed by atoms with Crippen LogP contribution >= 0.6 is 22.9 Å². The SMILES string of the molecule is O=C(Nc1ccc2c(c1)OCCCO2)c1cc2cc(Cl)sc2[nH]1. The number of anilines is 1. The van der Waals surface area contributed by atoms with Gasteiger partial charge in [-0.3, -0.25) is 4.79 Å². The van der Waals surface area contributed by atoms with E-state index in [0.717, 1.165) is 16.6 Å². The normalized spacial score (nSPS) is 13.8. The number of ether oxygens (including phenoxy) is 2. The van der Waals surface area contributed by atoms with Crippen molar-refractivity contribution in [1.82, 2.24) is 4.98 Å². The summed E-state index contributed by atoms with van der Waals surface area (Å²) in [7, 11) is 0. The van der Waals surface area contributed by atoms with Gasteiger partial charge >= 0.3 is 0 Å². The van der Waals surface area contributed by atoms with Crippen LogP contribution < -0.4 is 14.8 Å². The Morgan fingerprint density at radius 1 is 1.17 bits per heavy atom. The fraction of sp³-hybridized carbons (Fsp3) is 0.188. The minimum absolute atomic E-state index is 0.209. The molecule has 2 aromatic heterocycles. The van der Waals surface area contributed by atoms with Gasteiger partial charge in [0, 0.05) is 23.6 Å². The van der Waals surface area contributed by atoms with E-state index in [0.29, 0.717) is 40.4 Å². The zero-order valence-electron chi connectivity index (χ0n) is 12.0. The summed E-state index contributed by atoms with van der Waals surface area (Å²) < 4.78 is 11.9. The number of thiophene rings is 1. The second kappa shape index (κ2) is 5.79. The van der Waals surface area contributed by atoms with Gasteiger partial charge in [-0.05, 0) is 24.3 Å². The Balaban J connectivity index is 1.55. The van der Waals surface area contributed by atoms with Crippen molar-refractivity contribution < 1.29 is 14.3 Å². The van der Waals surface area contributed by atoms with Gasteiger partial charge in [-0.25, -0.2) is 0 Å². The van der Waals surface area contributed by atoms with Crippen molar-refractivity contribution in [3.8, 4) is 11.5 Å². The topological polar surface area (TPSA) is 63.4 Å². The smallest absolute Gasteiger partial charge is 0.272 e. The average Bonchev–Trinajstić information content (AvgIpc) is 2.96. The number of carbonyl (C=O) groups excluding carboxylic acids is 1. The molecule has 3 heterocycles. The number of aromatic amines is 1. The molecule has 23 heavy (non-hydrogen) atoms. The molecule has 4 rings (SSSR count). The molecule has 5 nitrogen and oxygen atoms in total. The van der Waals surface area contributed by atoms with Crippen LogP contribution in [0.3, 0.4) is 0 Å². The summed E-state index contributed by atoms with van der Waals surface area (Å²) in [4.78, 5) is 16.3. The lowest BCUT2D eigenvalue weighted by Crippen LogP contribution is -2.12. The first-order chi connectivity index (χ1) is 11.2. The summed E-state index contributed by atoms with van der Waals surface area (Å²) in [5.41, 5.74) is 1.16. The molecule has 7 heteroatoms. The van der Waals surface area contributed by atoms with Gasteiger partial charge in [-0.1, -0.05) is 11.6 Å². The third-order valence-corrected chi connectivity index (χ3v) is 4.72. The maximum atomic E-state index is 12.4. The molecule has 1 aliphatic heterocycles. The van der Waals surface area contributed by atoms with Crippen LogP contribution in [-0.4, -0.2) is 24.1 Å². The van der Waals surface area contributed by atoms with Crippen molar-refractivity contribution in [2.45, 2.75) is 6.42 Å². The van der Waals surface area contributed by atoms with Gasteiger partial charge in [0.25, 0.3) is 5.91 Å². The minimum atomic E-state index is -0.209. The van der Waals surface area contributed by atoms with Gasteiger partial charge in [0.1, 0.15) is 10.5 Å². The molecular weight excluding hydrogens is 336 g/mol. The van der Waals surface area contributed by atoms with Crippen LogP contribution in [0.15, 0.2) is 30.3 Å². The number of rotatable bonds is 2. The highest BCUT2D eigenvalue weighted by atomic mass is 35.5. The van der Waals surface area contributed by atoms with E-state index in [1.807, 2.05) is 12.1 Å². The van der Waals surface area contributed by atoms with Crippen molar-refractivity contribution >= 4 is 44.7 Å². The van der Waals surface area contributed by atoms with Crippen LogP contribution in [0.2, 0.25) is 4.34 Å². The van der Waals surface area contributed by atoms with E-state index in [4.69, 9.17) is 21.1 Å². The Morgan fingerprint density at radius 3 is 2.83 bits per heavy atom. The number of benzene rings is 1. The maximum absolute atomic E-state index is 12.4. The van der Waals surface area contributed by atoms with Crippen molar-refractivity contribution in [1.29, 1.82) is 0 Å². The lowest BCUT2D eigenvalue weighted by Gasteiger charge is -2.10. The van der Waals surface area contributed by atoms with Gasteiger partial charge in [0.05, 0.1) is 17.6 Å². The summed E-state index contributed by atoms with van der Waals surface area (Å²) in [5.74, 6) is 1.15. The molecule has 3 aromatic rings. The number of aromatic nitrogens is 1.